The van der Waals surface area contributed by atoms with Crippen LogP contribution < -0.4 is 11.1 Å². The molecular formula is C17H28ClN3O2. The third-order valence-electron chi connectivity index (χ3n) is 3.45. The van der Waals surface area contributed by atoms with Crippen LogP contribution in [0.3, 0.4) is 0 Å². The highest BCUT2D eigenvalue weighted by Crippen LogP contribution is 2.07. The summed E-state index contributed by atoms with van der Waals surface area (Å²) in [6, 6.07) is 7.32. The molecule has 0 aliphatic rings. The average molecular weight is 342 g/mol. The van der Waals surface area contributed by atoms with E-state index in [1.54, 1.807) is 31.1 Å². The van der Waals surface area contributed by atoms with Gasteiger partial charge < -0.3 is 16.0 Å². The van der Waals surface area contributed by atoms with Gasteiger partial charge in [0, 0.05) is 32.6 Å². The van der Waals surface area contributed by atoms with E-state index in [0.717, 1.165) is 37.8 Å². The first-order valence-electron chi connectivity index (χ1n) is 7.82. The van der Waals surface area contributed by atoms with Gasteiger partial charge in [0.05, 0.1) is 0 Å². The fourth-order valence-corrected chi connectivity index (χ4v) is 2.10. The molecule has 0 saturated carbocycles. The van der Waals surface area contributed by atoms with Crippen molar-refractivity contribution in [3.05, 3.63) is 35.4 Å². The maximum absolute atomic E-state index is 11.8. The summed E-state index contributed by atoms with van der Waals surface area (Å²) in [5.74, 6) is 0.0502. The molecule has 0 heterocycles. The van der Waals surface area contributed by atoms with Crippen LogP contribution in [-0.4, -0.2) is 37.4 Å². The van der Waals surface area contributed by atoms with Gasteiger partial charge in [-0.1, -0.05) is 25.0 Å². The Morgan fingerprint density at radius 3 is 2.22 bits per heavy atom. The molecule has 130 valence electrons. The van der Waals surface area contributed by atoms with Gasteiger partial charge in [0.1, 0.15) is 0 Å². The smallest absolute Gasteiger partial charge is 0.253 e. The normalized spacial score (nSPS) is 9.87. The number of nitrogens with two attached hydrogens (primary N) is 1. The first-order chi connectivity index (χ1) is 10.5. The maximum atomic E-state index is 11.8. The van der Waals surface area contributed by atoms with Crippen molar-refractivity contribution in [3.63, 3.8) is 0 Å². The summed E-state index contributed by atoms with van der Waals surface area (Å²) >= 11 is 0. The quantitative estimate of drug-likeness (QED) is 0.677. The third-order valence-corrected chi connectivity index (χ3v) is 3.45. The molecule has 1 rings (SSSR count). The predicted molar refractivity (Wildman–Crippen MR) is 95.7 cm³/mol. The highest BCUT2D eigenvalue weighted by Gasteiger charge is 2.07. The molecule has 0 unspecified atom stereocenters. The molecule has 1 aromatic rings. The van der Waals surface area contributed by atoms with E-state index in [1.807, 2.05) is 12.1 Å². The van der Waals surface area contributed by atoms with Crippen LogP contribution in [0.1, 0.15) is 48.0 Å². The van der Waals surface area contributed by atoms with Crippen molar-refractivity contribution in [1.29, 1.82) is 0 Å². The highest BCUT2D eigenvalue weighted by atomic mass is 35.5. The zero-order valence-corrected chi connectivity index (χ0v) is 14.8. The molecular weight excluding hydrogens is 314 g/mol. The standard InChI is InChI=1S/C17H27N3O2.ClH/c1-20(2)17(22)15-10-8-14(9-11-15)13-19-16(21)7-5-3-4-6-12-18;/h8-11H,3-7,12-13,18H2,1-2H3,(H,19,21);1H. The number of halogens is 1. The number of amides is 2. The molecule has 6 heteroatoms. The van der Waals surface area contributed by atoms with E-state index in [2.05, 4.69) is 5.32 Å². The number of carbonyl (C=O) groups is 2. The van der Waals surface area contributed by atoms with Crippen LogP contribution in [0, 0.1) is 0 Å². The van der Waals surface area contributed by atoms with Crippen LogP contribution in [0.4, 0.5) is 0 Å². The van der Waals surface area contributed by atoms with E-state index >= 15 is 0 Å². The van der Waals surface area contributed by atoms with Gasteiger partial charge in [0.2, 0.25) is 5.91 Å². The Hall–Kier alpha value is -1.59. The first-order valence-corrected chi connectivity index (χ1v) is 7.82. The summed E-state index contributed by atoms with van der Waals surface area (Å²) in [5, 5.41) is 2.90. The molecule has 23 heavy (non-hydrogen) atoms. The number of benzene rings is 1. The highest BCUT2D eigenvalue weighted by molar-refractivity contribution is 5.93. The molecule has 3 N–H and O–H groups in total. The zero-order valence-electron chi connectivity index (χ0n) is 14.0. The number of rotatable bonds is 9. The summed E-state index contributed by atoms with van der Waals surface area (Å²) < 4.78 is 0. The number of unbranched alkanes of at least 4 members (excludes halogenated alkanes) is 3. The fourth-order valence-electron chi connectivity index (χ4n) is 2.10. The molecule has 0 bridgehead atoms. The van der Waals surface area contributed by atoms with Gasteiger partial charge >= 0.3 is 0 Å². The average Bonchev–Trinajstić information content (AvgIpc) is 2.52. The SMILES string of the molecule is CN(C)C(=O)c1ccc(CNC(=O)CCCCCCN)cc1.Cl. The lowest BCUT2D eigenvalue weighted by atomic mass is 10.1. The monoisotopic (exact) mass is 341 g/mol. The molecule has 0 aromatic heterocycles. The lowest BCUT2D eigenvalue weighted by Gasteiger charge is -2.11. The summed E-state index contributed by atoms with van der Waals surface area (Å²) in [5.41, 5.74) is 7.07. The topological polar surface area (TPSA) is 75.4 Å². The van der Waals surface area contributed by atoms with Crippen LogP contribution in [-0.2, 0) is 11.3 Å². The number of nitrogens with one attached hydrogen (secondary N) is 1. The summed E-state index contributed by atoms with van der Waals surface area (Å²) in [4.78, 5) is 25.0. The van der Waals surface area contributed by atoms with Gasteiger partial charge in [-0.05, 0) is 37.1 Å². The Labute approximate surface area is 145 Å². The Balaban J connectivity index is 0.00000484. The van der Waals surface area contributed by atoms with Crippen LogP contribution in [0.5, 0.6) is 0 Å². The maximum Gasteiger partial charge on any atom is 0.253 e. The fraction of sp³-hybridized carbons (Fsp3) is 0.529. The summed E-state index contributed by atoms with van der Waals surface area (Å²) in [6.45, 7) is 1.22. The molecule has 0 radical (unpaired) electrons. The summed E-state index contributed by atoms with van der Waals surface area (Å²) in [7, 11) is 3.45. The van der Waals surface area contributed by atoms with E-state index in [9.17, 15) is 9.59 Å². The van der Waals surface area contributed by atoms with Crippen molar-refractivity contribution < 1.29 is 9.59 Å². The molecule has 2 amide bonds. The van der Waals surface area contributed by atoms with Crippen LogP contribution in [0.25, 0.3) is 0 Å². The number of carbonyl (C=O) groups excluding carboxylic acids is 2. The molecule has 0 atom stereocenters. The zero-order chi connectivity index (χ0) is 16.4. The van der Waals surface area contributed by atoms with Crippen molar-refractivity contribution in [2.75, 3.05) is 20.6 Å². The molecule has 0 fully saturated rings. The van der Waals surface area contributed by atoms with Crippen LogP contribution in [0.15, 0.2) is 24.3 Å². The number of hydrogen-bond acceptors (Lipinski definition) is 3. The molecule has 0 aliphatic carbocycles. The van der Waals surface area contributed by atoms with Gasteiger partial charge in [0.15, 0.2) is 0 Å². The number of nitrogens with zero attached hydrogens (tertiary/aromatic N) is 1. The van der Waals surface area contributed by atoms with Crippen LogP contribution in [0.2, 0.25) is 0 Å². The Morgan fingerprint density at radius 2 is 1.65 bits per heavy atom. The van der Waals surface area contributed by atoms with E-state index in [4.69, 9.17) is 5.73 Å². The predicted octanol–water partition coefficient (Wildman–Crippen LogP) is 2.34. The van der Waals surface area contributed by atoms with E-state index in [1.165, 1.54) is 0 Å². The Morgan fingerprint density at radius 1 is 1.04 bits per heavy atom. The lowest BCUT2D eigenvalue weighted by Crippen LogP contribution is -2.23. The Bertz CT molecular complexity index is 475. The second kappa shape index (κ2) is 11.9. The van der Waals surface area contributed by atoms with Gasteiger partial charge in [-0.15, -0.1) is 12.4 Å². The number of hydrogen-bond donors (Lipinski definition) is 2. The van der Waals surface area contributed by atoms with Crippen molar-refractivity contribution in [3.8, 4) is 0 Å². The van der Waals surface area contributed by atoms with Gasteiger partial charge in [-0.3, -0.25) is 9.59 Å². The Kier molecular flexibility index (Phi) is 11.1. The van der Waals surface area contributed by atoms with Crippen molar-refractivity contribution in [2.24, 2.45) is 5.73 Å². The van der Waals surface area contributed by atoms with Gasteiger partial charge in [0.25, 0.3) is 5.91 Å². The largest absolute Gasteiger partial charge is 0.352 e. The minimum absolute atomic E-state index is 0. The second-order valence-electron chi connectivity index (χ2n) is 5.63. The second-order valence-corrected chi connectivity index (χ2v) is 5.63. The van der Waals surface area contributed by atoms with Crippen LogP contribution >= 0.6 is 12.4 Å². The summed E-state index contributed by atoms with van der Waals surface area (Å²) in [6.07, 6.45) is 4.63. The van der Waals surface area contributed by atoms with Gasteiger partial charge in [-0.25, -0.2) is 0 Å². The van der Waals surface area contributed by atoms with Crippen molar-refractivity contribution in [2.45, 2.75) is 38.6 Å². The molecule has 5 nitrogen and oxygen atoms in total. The van der Waals surface area contributed by atoms with E-state index < -0.39 is 0 Å². The van der Waals surface area contributed by atoms with Crippen molar-refractivity contribution >= 4 is 24.2 Å². The van der Waals surface area contributed by atoms with E-state index in [0.29, 0.717) is 18.5 Å². The third kappa shape index (κ3) is 8.57. The minimum Gasteiger partial charge on any atom is -0.352 e. The minimum atomic E-state index is -0.0203. The van der Waals surface area contributed by atoms with Crippen molar-refractivity contribution in [1.82, 2.24) is 10.2 Å². The molecule has 0 aliphatic heterocycles. The van der Waals surface area contributed by atoms with Gasteiger partial charge in [-0.2, -0.15) is 0 Å². The molecule has 1 aromatic carbocycles. The molecule has 0 saturated heterocycles. The lowest BCUT2D eigenvalue weighted by molar-refractivity contribution is -0.121. The molecule has 0 spiro atoms. The first kappa shape index (κ1) is 21.4. The van der Waals surface area contributed by atoms with E-state index in [-0.39, 0.29) is 24.2 Å².